The third-order valence-corrected chi connectivity index (χ3v) is 2.71. The largest absolute Gasteiger partial charge is 0.366 e. The smallest absolute Gasteiger partial charge is 0.250 e. The van der Waals surface area contributed by atoms with Crippen LogP contribution in [0.1, 0.15) is 29.6 Å². The normalized spacial score (nSPS) is 10.1. The van der Waals surface area contributed by atoms with Gasteiger partial charge in [0, 0.05) is 6.42 Å². The van der Waals surface area contributed by atoms with E-state index in [9.17, 15) is 9.59 Å². The van der Waals surface area contributed by atoms with E-state index in [4.69, 9.17) is 5.73 Å². The molecule has 0 aliphatic rings. The van der Waals surface area contributed by atoms with Crippen LogP contribution in [-0.2, 0) is 4.79 Å². The van der Waals surface area contributed by atoms with Crippen LogP contribution in [0, 0.1) is 6.42 Å². The second-order valence-corrected chi connectivity index (χ2v) is 4.27. The highest BCUT2D eigenvalue weighted by atomic mass is 32.1. The average molecular weight is 265 g/mol. The molecule has 0 aromatic heterocycles. The summed E-state index contributed by atoms with van der Waals surface area (Å²) in [5, 5.41) is 2.65. The topological polar surface area (TPSA) is 72.2 Å². The molecule has 0 heterocycles. The highest BCUT2D eigenvalue weighted by Gasteiger charge is 2.09. The molecule has 0 aliphatic heterocycles. The Balaban J connectivity index is 2.51. The van der Waals surface area contributed by atoms with Crippen molar-refractivity contribution in [1.82, 2.24) is 0 Å². The molecule has 0 aliphatic carbocycles. The number of hydrogen-bond acceptors (Lipinski definition) is 3. The summed E-state index contributed by atoms with van der Waals surface area (Å²) in [5.74, 6) is 0.0452. The van der Waals surface area contributed by atoms with Crippen LogP contribution in [0.2, 0.25) is 0 Å². The van der Waals surface area contributed by atoms with Crippen molar-refractivity contribution in [2.45, 2.75) is 19.3 Å². The van der Waals surface area contributed by atoms with Crippen LogP contribution >= 0.6 is 12.6 Å². The molecular weight excluding hydrogens is 248 g/mol. The molecule has 5 heteroatoms. The maximum absolute atomic E-state index is 11.6. The summed E-state index contributed by atoms with van der Waals surface area (Å²) in [7, 11) is 0. The van der Waals surface area contributed by atoms with Gasteiger partial charge in [-0.05, 0) is 30.7 Å². The Kier molecular flexibility index (Phi) is 6.28. The number of primary amides is 1. The first-order chi connectivity index (χ1) is 8.65. The minimum atomic E-state index is -0.555. The van der Waals surface area contributed by atoms with Gasteiger partial charge in [-0.25, -0.2) is 0 Å². The van der Waals surface area contributed by atoms with E-state index in [1.54, 1.807) is 30.7 Å². The molecule has 4 nitrogen and oxygen atoms in total. The Bertz CT molecular complexity index is 421. The van der Waals surface area contributed by atoms with E-state index in [2.05, 4.69) is 17.9 Å². The molecule has 0 atom stereocenters. The lowest BCUT2D eigenvalue weighted by Crippen LogP contribution is -2.18. The monoisotopic (exact) mass is 265 g/mol. The van der Waals surface area contributed by atoms with E-state index in [-0.39, 0.29) is 5.91 Å². The standard InChI is InChI=1S/C13H17N2O2S/c14-13(17)10-6-3-4-7-11(10)15-12(16)8-2-1-5-9-18/h3-4,6-8,18H,1-2,5,9H2,(H2,14,17)(H,15,16). The van der Waals surface area contributed by atoms with Gasteiger partial charge in [-0.15, -0.1) is 0 Å². The summed E-state index contributed by atoms with van der Waals surface area (Å²) in [5.41, 5.74) is 5.98. The van der Waals surface area contributed by atoms with Crippen LogP contribution in [0.15, 0.2) is 24.3 Å². The van der Waals surface area contributed by atoms with E-state index < -0.39 is 5.91 Å². The summed E-state index contributed by atoms with van der Waals surface area (Å²) < 4.78 is 0. The number of para-hydroxylation sites is 1. The lowest BCUT2D eigenvalue weighted by molar-refractivity contribution is -0.113. The number of hydrogen-bond donors (Lipinski definition) is 3. The zero-order valence-corrected chi connectivity index (χ0v) is 11.0. The Hall–Kier alpha value is -1.49. The summed E-state index contributed by atoms with van der Waals surface area (Å²) in [6.07, 6.45) is 4.17. The lowest BCUT2D eigenvalue weighted by Gasteiger charge is -2.08. The SMILES string of the molecule is NC(=O)c1ccccc1NC(=O)[CH]CCCCS. The lowest BCUT2D eigenvalue weighted by atomic mass is 10.1. The molecule has 1 aromatic rings. The third-order valence-electron chi connectivity index (χ3n) is 2.39. The number of nitrogens with two attached hydrogens (primary N) is 1. The summed E-state index contributed by atoms with van der Waals surface area (Å²) in [4.78, 5) is 22.8. The molecule has 1 rings (SSSR count). The fourth-order valence-corrected chi connectivity index (χ4v) is 1.70. The number of rotatable bonds is 7. The minimum Gasteiger partial charge on any atom is -0.366 e. The predicted molar refractivity (Wildman–Crippen MR) is 75.6 cm³/mol. The average Bonchev–Trinajstić information content (AvgIpc) is 2.35. The molecule has 2 amide bonds. The third kappa shape index (κ3) is 4.79. The van der Waals surface area contributed by atoms with Gasteiger partial charge in [0.05, 0.1) is 11.3 Å². The molecule has 0 bridgehead atoms. The summed E-state index contributed by atoms with van der Waals surface area (Å²) >= 11 is 4.10. The molecular formula is C13H17N2O2S. The summed E-state index contributed by atoms with van der Waals surface area (Å²) in [6, 6.07) is 6.67. The Morgan fingerprint density at radius 2 is 2.00 bits per heavy atom. The van der Waals surface area contributed by atoms with Crippen LogP contribution in [0.25, 0.3) is 0 Å². The quantitative estimate of drug-likeness (QED) is 0.521. The van der Waals surface area contributed by atoms with Gasteiger partial charge >= 0.3 is 0 Å². The van der Waals surface area contributed by atoms with Crippen LogP contribution < -0.4 is 11.1 Å². The van der Waals surface area contributed by atoms with Crippen molar-refractivity contribution < 1.29 is 9.59 Å². The number of thiol groups is 1. The fourth-order valence-electron chi connectivity index (χ4n) is 1.48. The molecule has 0 saturated heterocycles. The van der Waals surface area contributed by atoms with Crippen molar-refractivity contribution in [1.29, 1.82) is 0 Å². The van der Waals surface area contributed by atoms with Crippen molar-refractivity contribution >= 4 is 30.1 Å². The maximum Gasteiger partial charge on any atom is 0.250 e. The van der Waals surface area contributed by atoms with E-state index in [0.29, 0.717) is 17.7 Å². The van der Waals surface area contributed by atoms with Crippen molar-refractivity contribution in [2.75, 3.05) is 11.1 Å². The number of nitrogens with one attached hydrogen (secondary N) is 1. The number of carbonyl (C=O) groups excluding carboxylic acids is 2. The van der Waals surface area contributed by atoms with E-state index in [1.807, 2.05) is 0 Å². The highest BCUT2D eigenvalue weighted by Crippen LogP contribution is 2.14. The Morgan fingerprint density at radius 1 is 1.28 bits per heavy atom. The van der Waals surface area contributed by atoms with Gasteiger partial charge in [-0.3, -0.25) is 9.59 Å². The number of carbonyl (C=O) groups is 2. The van der Waals surface area contributed by atoms with Gasteiger partial charge in [0.25, 0.3) is 5.91 Å². The van der Waals surface area contributed by atoms with Crippen molar-refractivity contribution in [3.63, 3.8) is 0 Å². The van der Waals surface area contributed by atoms with Gasteiger partial charge in [0.1, 0.15) is 0 Å². The van der Waals surface area contributed by atoms with Crippen LogP contribution in [0.3, 0.4) is 0 Å². The molecule has 0 fully saturated rings. The minimum absolute atomic E-state index is 0.220. The maximum atomic E-state index is 11.6. The van der Waals surface area contributed by atoms with Crippen molar-refractivity contribution in [2.24, 2.45) is 5.73 Å². The molecule has 1 aromatic carbocycles. The second kappa shape index (κ2) is 7.76. The first-order valence-electron chi connectivity index (χ1n) is 5.79. The van der Waals surface area contributed by atoms with Crippen LogP contribution in [-0.4, -0.2) is 17.6 Å². The molecule has 0 saturated carbocycles. The molecule has 1 radical (unpaired) electrons. The molecule has 0 spiro atoms. The Morgan fingerprint density at radius 3 is 2.67 bits per heavy atom. The first kappa shape index (κ1) is 14.6. The van der Waals surface area contributed by atoms with Crippen molar-refractivity contribution in [3.05, 3.63) is 36.2 Å². The van der Waals surface area contributed by atoms with Gasteiger partial charge in [0.15, 0.2) is 0 Å². The first-order valence-corrected chi connectivity index (χ1v) is 6.42. The Labute approximate surface area is 112 Å². The molecule has 0 unspecified atom stereocenters. The number of anilines is 1. The van der Waals surface area contributed by atoms with Crippen LogP contribution in [0.4, 0.5) is 5.69 Å². The van der Waals surface area contributed by atoms with E-state index in [1.165, 1.54) is 0 Å². The zero-order chi connectivity index (χ0) is 13.4. The molecule has 18 heavy (non-hydrogen) atoms. The van der Waals surface area contributed by atoms with Gasteiger partial charge in [0.2, 0.25) is 5.91 Å². The predicted octanol–water partition coefficient (Wildman–Crippen LogP) is 2.03. The number of unbranched alkanes of at least 4 members (excludes halogenated alkanes) is 2. The fraction of sp³-hybridized carbons (Fsp3) is 0.308. The van der Waals surface area contributed by atoms with Crippen LogP contribution in [0.5, 0.6) is 0 Å². The number of benzene rings is 1. The van der Waals surface area contributed by atoms with Gasteiger partial charge in [-0.1, -0.05) is 18.6 Å². The van der Waals surface area contributed by atoms with Crippen molar-refractivity contribution in [3.8, 4) is 0 Å². The van der Waals surface area contributed by atoms with Gasteiger partial charge in [-0.2, -0.15) is 12.6 Å². The molecule has 3 N–H and O–H groups in total. The summed E-state index contributed by atoms with van der Waals surface area (Å²) in [6.45, 7) is 0. The van der Waals surface area contributed by atoms with E-state index in [0.717, 1.165) is 18.6 Å². The molecule has 97 valence electrons. The van der Waals surface area contributed by atoms with Gasteiger partial charge < -0.3 is 11.1 Å². The highest BCUT2D eigenvalue weighted by molar-refractivity contribution is 7.80. The number of amides is 2. The van der Waals surface area contributed by atoms with E-state index >= 15 is 0 Å². The second-order valence-electron chi connectivity index (χ2n) is 3.82. The zero-order valence-electron chi connectivity index (χ0n) is 10.1.